The lowest BCUT2D eigenvalue weighted by molar-refractivity contribution is -0.139. The molecule has 2 aromatic carbocycles. The van der Waals surface area contributed by atoms with Crippen molar-refractivity contribution in [2.24, 2.45) is 0 Å². The van der Waals surface area contributed by atoms with Crippen LogP contribution in [0.2, 0.25) is 0 Å². The molecule has 210 valence electrons. The zero-order valence-corrected chi connectivity index (χ0v) is 22.6. The van der Waals surface area contributed by atoms with Gasteiger partial charge in [0.05, 0.1) is 37.5 Å². The number of amides is 1. The summed E-state index contributed by atoms with van der Waals surface area (Å²) in [5.41, 5.74) is 2.98. The number of aliphatic carboxylic acids is 1. The molecule has 0 aliphatic heterocycles. The van der Waals surface area contributed by atoms with Crippen LogP contribution in [-0.4, -0.2) is 56.3 Å². The van der Waals surface area contributed by atoms with Crippen LogP contribution in [-0.2, 0) is 11.2 Å². The average Bonchev–Trinajstić information content (AvgIpc) is 3.27. The third kappa shape index (κ3) is 7.87. The number of halogens is 1. The summed E-state index contributed by atoms with van der Waals surface area (Å²) in [6.07, 6.45) is -2.22. The Morgan fingerprint density at radius 2 is 1.77 bits per heavy atom. The number of rotatable bonds is 13. The van der Waals surface area contributed by atoms with Crippen molar-refractivity contribution in [1.29, 1.82) is 0 Å². The first-order valence-corrected chi connectivity index (χ1v) is 12.9. The molecular weight excluding hydrogens is 505 g/mol. The van der Waals surface area contributed by atoms with E-state index in [4.69, 9.17) is 9.84 Å². The van der Waals surface area contributed by atoms with Gasteiger partial charge in [0.2, 0.25) is 0 Å². The average molecular weight is 542 g/mol. The summed E-state index contributed by atoms with van der Waals surface area (Å²) in [6.45, 7) is 5.73. The minimum Gasteiger partial charge on any atom is -0.497 e. The molecule has 10 heteroatoms. The molecule has 0 bridgehead atoms. The van der Waals surface area contributed by atoms with Gasteiger partial charge in [-0.1, -0.05) is 26.0 Å². The van der Waals surface area contributed by atoms with Crippen LogP contribution in [0.15, 0.2) is 48.5 Å². The molecule has 3 rings (SSSR count). The zero-order valence-electron chi connectivity index (χ0n) is 22.6. The minimum atomic E-state index is -1.18. The van der Waals surface area contributed by atoms with Gasteiger partial charge in [0, 0.05) is 11.3 Å². The van der Waals surface area contributed by atoms with E-state index in [1.807, 2.05) is 45.0 Å². The van der Waals surface area contributed by atoms with Gasteiger partial charge < -0.3 is 25.4 Å². The van der Waals surface area contributed by atoms with Crippen molar-refractivity contribution < 1.29 is 34.0 Å². The number of hydrogen-bond acceptors (Lipinski definition) is 6. The van der Waals surface area contributed by atoms with Crippen molar-refractivity contribution in [3.8, 4) is 11.4 Å². The second-order valence-electron chi connectivity index (χ2n) is 9.90. The lowest BCUT2D eigenvalue weighted by Gasteiger charge is -2.17. The van der Waals surface area contributed by atoms with Crippen LogP contribution in [0.25, 0.3) is 5.69 Å². The van der Waals surface area contributed by atoms with Gasteiger partial charge in [0.15, 0.2) is 5.69 Å². The highest BCUT2D eigenvalue weighted by Gasteiger charge is 2.27. The molecule has 0 unspecified atom stereocenters. The van der Waals surface area contributed by atoms with Gasteiger partial charge in [-0.05, 0) is 74.1 Å². The quantitative estimate of drug-likeness (QED) is 0.255. The topological polar surface area (TPSA) is 134 Å². The number of aromatic nitrogens is 2. The Balaban J connectivity index is 1.94. The normalized spacial score (nSPS) is 13.6. The summed E-state index contributed by atoms with van der Waals surface area (Å²) >= 11 is 0. The molecule has 39 heavy (non-hydrogen) atoms. The molecule has 9 nitrogen and oxygen atoms in total. The SMILES string of the molecule is COc1cccc([C@H](C)NC(=O)c2nn(-c3ccc(F)cc3)c(CC[C@@H](O)C[C@@H](O)CC(=O)O)c2C(C)C)c1. The van der Waals surface area contributed by atoms with E-state index in [9.17, 15) is 24.2 Å². The fourth-order valence-electron chi connectivity index (χ4n) is 4.56. The fraction of sp³-hybridized carbons (Fsp3) is 0.414. The van der Waals surface area contributed by atoms with E-state index in [1.165, 1.54) is 12.1 Å². The van der Waals surface area contributed by atoms with Gasteiger partial charge in [-0.3, -0.25) is 9.59 Å². The lowest BCUT2D eigenvalue weighted by Crippen LogP contribution is -2.28. The number of carbonyl (C=O) groups is 2. The number of nitrogens with zero attached hydrogens (tertiary/aromatic N) is 2. The predicted octanol–water partition coefficient (Wildman–Crippen LogP) is 4.15. The van der Waals surface area contributed by atoms with Crippen LogP contribution in [0, 0.1) is 5.82 Å². The van der Waals surface area contributed by atoms with Crippen LogP contribution in [0.4, 0.5) is 4.39 Å². The third-order valence-electron chi connectivity index (χ3n) is 6.50. The maximum Gasteiger partial charge on any atom is 0.305 e. The number of carboxylic acids is 1. The van der Waals surface area contributed by atoms with Gasteiger partial charge >= 0.3 is 5.97 Å². The Morgan fingerprint density at radius 3 is 2.38 bits per heavy atom. The maximum atomic E-state index is 13.7. The van der Waals surface area contributed by atoms with E-state index < -0.39 is 30.4 Å². The Hall–Kier alpha value is -3.76. The van der Waals surface area contributed by atoms with Crippen molar-refractivity contribution in [3.05, 3.63) is 76.9 Å². The molecular formula is C29H36FN3O6. The van der Waals surface area contributed by atoms with E-state index in [-0.39, 0.29) is 42.8 Å². The Morgan fingerprint density at radius 1 is 1.08 bits per heavy atom. The van der Waals surface area contributed by atoms with E-state index in [0.29, 0.717) is 22.7 Å². The van der Waals surface area contributed by atoms with Crippen molar-refractivity contribution in [1.82, 2.24) is 15.1 Å². The molecule has 0 radical (unpaired) electrons. The first kappa shape index (κ1) is 29.8. The molecule has 1 heterocycles. The first-order valence-electron chi connectivity index (χ1n) is 12.9. The number of aliphatic hydroxyl groups excluding tert-OH is 2. The number of benzene rings is 2. The van der Waals surface area contributed by atoms with Crippen molar-refractivity contribution in [2.75, 3.05) is 7.11 Å². The second-order valence-corrected chi connectivity index (χ2v) is 9.90. The van der Waals surface area contributed by atoms with Crippen molar-refractivity contribution in [3.63, 3.8) is 0 Å². The summed E-state index contributed by atoms with van der Waals surface area (Å²) in [5, 5.41) is 36.9. The molecule has 1 amide bonds. The van der Waals surface area contributed by atoms with Gasteiger partial charge in [-0.25, -0.2) is 9.07 Å². The highest BCUT2D eigenvalue weighted by molar-refractivity contribution is 5.94. The number of nitrogens with one attached hydrogen (secondary N) is 1. The van der Waals surface area contributed by atoms with E-state index in [1.54, 1.807) is 23.9 Å². The van der Waals surface area contributed by atoms with Gasteiger partial charge in [0.1, 0.15) is 11.6 Å². The van der Waals surface area contributed by atoms with Crippen LogP contribution in [0.1, 0.15) is 79.3 Å². The van der Waals surface area contributed by atoms with Crippen molar-refractivity contribution >= 4 is 11.9 Å². The molecule has 1 aromatic heterocycles. The van der Waals surface area contributed by atoms with Gasteiger partial charge in [-0.15, -0.1) is 0 Å². The van der Waals surface area contributed by atoms with Crippen LogP contribution in [0.3, 0.4) is 0 Å². The zero-order chi connectivity index (χ0) is 28.7. The Kier molecular flexibility index (Phi) is 10.2. The molecule has 0 aliphatic carbocycles. The van der Waals surface area contributed by atoms with Crippen LogP contribution < -0.4 is 10.1 Å². The second kappa shape index (κ2) is 13.3. The molecule has 0 saturated heterocycles. The number of hydrogen-bond donors (Lipinski definition) is 4. The highest BCUT2D eigenvalue weighted by Crippen LogP contribution is 2.29. The number of ether oxygens (including phenoxy) is 1. The van der Waals surface area contributed by atoms with Gasteiger partial charge in [-0.2, -0.15) is 5.10 Å². The number of methoxy groups -OCH3 is 1. The molecule has 3 atom stereocenters. The minimum absolute atomic E-state index is 0.0978. The maximum absolute atomic E-state index is 13.7. The highest BCUT2D eigenvalue weighted by atomic mass is 19.1. The Labute approximate surface area is 227 Å². The largest absolute Gasteiger partial charge is 0.497 e. The summed E-state index contributed by atoms with van der Waals surface area (Å²) in [5.74, 6) is -1.38. The number of carboxylic acid groups (broad SMARTS) is 1. The fourth-order valence-corrected chi connectivity index (χ4v) is 4.56. The Bertz CT molecular complexity index is 1270. The predicted molar refractivity (Wildman–Crippen MR) is 144 cm³/mol. The smallest absolute Gasteiger partial charge is 0.305 e. The molecule has 0 spiro atoms. The standard InChI is InChI=1S/C29H36FN3O6/c1-17(2)27-25(13-12-22(34)15-23(35)16-26(36)37)33(21-10-8-20(30)9-11-21)32-28(27)29(38)31-18(3)19-6-5-7-24(14-19)39-4/h5-11,14,17-18,22-23,34-35H,12-13,15-16H2,1-4H3,(H,31,38)(H,36,37)/t18-,22+,23+/m0/s1. The van der Waals surface area contributed by atoms with Gasteiger partial charge in [0.25, 0.3) is 5.91 Å². The molecule has 0 fully saturated rings. The van der Waals surface area contributed by atoms with Crippen LogP contribution >= 0.6 is 0 Å². The molecule has 3 aromatic rings. The van der Waals surface area contributed by atoms with Crippen molar-refractivity contribution in [2.45, 2.75) is 70.6 Å². The molecule has 0 saturated carbocycles. The van der Waals surface area contributed by atoms with Crippen LogP contribution in [0.5, 0.6) is 5.75 Å². The number of carbonyl (C=O) groups excluding carboxylic acids is 1. The summed E-state index contributed by atoms with van der Waals surface area (Å²) in [7, 11) is 1.57. The molecule has 0 aliphatic rings. The first-order chi connectivity index (χ1) is 18.5. The lowest BCUT2D eigenvalue weighted by atomic mass is 9.95. The van der Waals surface area contributed by atoms with E-state index in [0.717, 1.165) is 5.56 Å². The third-order valence-corrected chi connectivity index (χ3v) is 6.50. The summed E-state index contributed by atoms with van der Waals surface area (Å²) in [6, 6.07) is 12.8. The monoisotopic (exact) mass is 541 g/mol. The van der Waals surface area contributed by atoms with E-state index in [2.05, 4.69) is 10.4 Å². The summed E-state index contributed by atoms with van der Waals surface area (Å²) < 4.78 is 20.5. The van der Waals surface area contributed by atoms with E-state index >= 15 is 0 Å². The molecule has 4 N–H and O–H groups in total. The number of aliphatic hydroxyl groups is 2. The summed E-state index contributed by atoms with van der Waals surface area (Å²) in [4.78, 5) is 24.4.